The second-order valence-electron chi connectivity index (χ2n) is 2.56. The average molecular weight is 195 g/mol. The quantitative estimate of drug-likeness (QED) is 0.697. The van der Waals surface area contributed by atoms with E-state index in [1.807, 2.05) is 0 Å². The van der Waals surface area contributed by atoms with E-state index < -0.39 is 18.3 Å². The van der Waals surface area contributed by atoms with Crippen molar-refractivity contribution in [3.8, 4) is 0 Å². The van der Waals surface area contributed by atoms with E-state index in [1.54, 1.807) is 0 Å². The number of carboxylic acid groups (broad SMARTS) is 1. The summed E-state index contributed by atoms with van der Waals surface area (Å²) in [7, 11) is 1.22. The van der Waals surface area contributed by atoms with E-state index in [1.165, 1.54) is 7.05 Å². The van der Waals surface area contributed by atoms with Crippen LogP contribution in [-0.2, 0) is 9.59 Å². The van der Waals surface area contributed by atoms with Crippen LogP contribution in [-0.4, -0.2) is 41.9 Å². The van der Waals surface area contributed by atoms with Gasteiger partial charge in [-0.2, -0.15) is 8.78 Å². The second-order valence-corrected chi connectivity index (χ2v) is 2.56. The molecule has 0 atom stereocenters. The predicted octanol–water partition coefficient (Wildman–Crippen LogP) is 0.575. The molecule has 0 rings (SSSR count). The molecular formula is C7H11F2NO3. The lowest BCUT2D eigenvalue weighted by Gasteiger charge is -2.15. The molecule has 0 aromatic rings. The number of amides is 1. The van der Waals surface area contributed by atoms with Crippen molar-refractivity contribution in [2.45, 2.75) is 19.3 Å². The molecule has 0 aliphatic carbocycles. The Bertz CT molecular complexity index is 196. The molecule has 0 saturated heterocycles. The van der Waals surface area contributed by atoms with Crippen LogP contribution in [0.15, 0.2) is 0 Å². The van der Waals surface area contributed by atoms with Gasteiger partial charge in [0.05, 0.1) is 0 Å². The van der Waals surface area contributed by atoms with Gasteiger partial charge in [-0.05, 0) is 6.42 Å². The number of hydrogen-bond donors (Lipinski definition) is 1. The molecule has 0 aliphatic heterocycles. The summed E-state index contributed by atoms with van der Waals surface area (Å²) in [6, 6.07) is 0. The van der Waals surface area contributed by atoms with Crippen molar-refractivity contribution in [3.05, 3.63) is 0 Å². The highest BCUT2D eigenvalue weighted by Crippen LogP contribution is 2.00. The first-order valence-electron chi connectivity index (χ1n) is 3.70. The number of rotatable bonds is 5. The minimum atomic E-state index is -3.02. The van der Waals surface area contributed by atoms with E-state index in [9.17, 15) is 18.4 Å². The third-order valence-corrected chi connectivity index (χ3v) is 1.45. The maximum atomic E-state index is 11.8. The maximum absolute atomic E-state index is 11.8. The van der Waals surface area contributed by atoms with Gasteiger partial charge in [0.2, 0.25) is 0 Å². The topological polar surface area (TPSA) is 57.6 Å². The van der Waals surface area contributed by atoms with Crippen molar-refractivity contribution in [1.82, 2.24) is 4.90 Å². The number of nitrogens with zero attached hydrogens (tertiary/aromatic N) is 1. The van der Waals surface area contributed by atoms with Crippen molar-refractivity contribution in [2.75, 3.05) is 13.6 Å². The van der Waals surface area contributed by atoms with Gasteiger partial charge in [0.15, 0.2) is 0 Å². The number of hydrogen-bond acceptors (Lipinski definition) is 2. The number of carbonyl (C=O) groups is 2. The smallest absolute Gasteiger partial charge is 0.315 e. The molecule has 0 heterocycles. The largest absolute Gasteiger partial charge is 0.481 e. The first-order valence-corrected chi connectivity index (χ1v) is 3.70. The zero-order chi connectivity index (χ0) is 10.4. The fourth-order valence-electron chi connectivity index (χ4n) is 0.744. The van der Waals surface area contributed by atoms with Crippen molar-refractivity contribution in [1.29, 1.82) is 0 Å². The van der Waals surface area contributed by atoms with E-state index in [4.69, 9.17) is 5.11 Å². The van der Waals surface area contributed by atoms with Gasteiger partial charge < -0.3 is 10.0 Å². The van der Waals surface area contributed by atoms with Gasteiger partial charge in [-0.3, -0.25) is 9.59 Å². The number of alkyl halides is 2. The summed E-state index contributed by atoms with van der Waals surface area (Å²) in [5.41, 5.74) is 0. The number of carbonyl (C=O) groups excluding carboxylic acids is 1. The van der Waals surface area contributed by atoms with E-state index >= 15 is 0 Å². The molecule has 6 heteroatoms. The molecule has 0 aliphatic rings. The van der Waals surface area contributed by atoms with Crippen molar-refractivity contribution >= 4 is 11.9 Å². The molecule has 0 saturated carbocycles. The number of aliphatic carboxylic acids is 1. The van der Waals surface area contributed by atoms with Crippen LogP contribution < -0.4 is 0 Å². The minimum absolute atomic E-state index is 0.0372. The second kappa shape index (κ2) is 5.45. The van der Waals surface area contributed by atoms with Crippen molar-refractivity contribution in [2.24, 2.45) is 0 Å². The van der Waals surface area contributed by atoms with Crippen LogP contribution in [0.3, 0.4) is 0 Å². The third-order valence-electron chi connectivity index (χ3n) is 1.45. The first-order chi connectivity index (χ1) is 5.95. The summed E-state index contributed by atoms with van der Waals surface area (Å²) in [5, 5.41) is 8.22. The van der Waals surface area contributed by atoms with Gasteiger partial charge in [-0.15, -0.1) is 0 Å². The molecule has 0 bridgehead atoms. The summed E-state index contributed by atoms with van der Waals surface area (Å²) in [4.78, 5) is 21.4. The molecule has 76 valence electrons. The zero-order valence-electron chi connectivity index (χ0n) is 7.17. The highest BCUT2D eigenvalue weighted by Gasteiger charge is 2.19. The van der Waals surface area contributed by atoms with Crippen molar-refractivity contribution < 1.29 is 23.5 Å². The fraction of sp³-hybridized carbons (Fsp3) is 0.714. The molecule has 0 spiro atoms. The molecular weight excluding hydrogens is 184 g/mol. The summed E-state index contributed by atoms with van der Waals surface area (Å²) in [5.74, 6) is -2.27. The molecule has 0 unspecified atom stereocenters. The standard InChI is InChI=1S/C7H11F2NO3/c1-10(7(13)6(8)9)4-2-3-5(11)12/h6H,2-4H2,1H3,(H,11,12). The van der Waals surface area contributed by atoms with Crippen LogP contribution in [0.4, 0.5) is 8.78 Å². The van der Waals surface area contributed by atoms with Crippen LogP contribution in [0.25, 0.3) is 0 Å². The molecule has 0 radical (unpaired) electrons. The van der Waals surface area contributed by atoms with Gasteiger partial charge in [0.25, 0.3) is 5.91 Å². The molecule has 1 amide bonds. The lowest BCUT2D eigenvalue weighted by atomic mass is 10.3. The van der Waals surface area contributed by atoms with Gasteiger partial charge in [0.1, 0.15) is 0 Å². The van der Waals surface area contributed by atoms with Gasteiger partial charge in [-0.1, -0.05) is 0 Å². The van der Waals surface area contributed by atoms with E-state index in [-0.39, 0.29) is 19.4 Å². The van der Waals surface area contributed by atoms with Gasteiger partial charge in [-0.25, -0.2) is 0 Å². The fourth-order valence-corrected chi connectivity index (χ4v) is 0.744. The first kappa shape index (κ1) is 11.8. The van der Waals surface area contributed by atoms with Crippen LogP contribution in [0, 0.1) is 0 Å². The molecule has 13 heavy (non-hydrogen) atoms. The number of halogens is 2. The third kappa shape index (κ3) is 5.10. The molecule has 4 nitrogen and oxygen atoms in total. The highest BCUT2D eigenvalue weighted by atomic mass is 19.3. The Balaban J connectivity index is 3.68. The lowest BCUT2D eigenvalue weighted by Crippen LogP contribution is -2.33. The van der Waals surface area contributed by atoms with Crippen molar-refractivity contribution in [3.63, 3.8) is 0 Å². The van der Waals surface area contributed by atoms with Crippen LogP contribution in [0.2, 0.25) is 0 Å². The summed E-state index contributed by atoms with van der Waals surface area (Å²) >= 11 is 0. The van der Waals surface area contributed by atoms with Gasteiger partial charge >= 0.3 is 12.4 Å². The summed E-state index contributed by atoms with van der Waals surface area (Å²) in [6.07, 6.45) is -2.96. The summed E-state index contributed by atoms with van der Waals surface area (Å²) < 4.78 is 23.5. The Labute approximate surface area is 74.1 Å². The SMILES string of the molecule is CN(CCCC(=O)O)C(=O)C(F)F. The van der Waals surface area contributed by atoms with E-state index in [0.29, 0.717) is 0 Å². The average Bonchev–Trinajstić information content (AvgIpc) is 2.02. The molecule has 1 N–H and O–H groups in total. The summed E-state index contributed by atoms with van der Waals surface area (Å²) in [6.45, 7) is 0.0372. The molecule has 0 fully saturated rings. The Morgan fingerprint density at radius 1 is 1.46 bits per heavy atom. The maximum Gasteiger partial charge on any atom is 0.315 e. The molecule has 0 aromatic heterocycles. The number of carboxylic acids is 1. The molecule has 0 aromatic carbocycles. The van der Waals surface area contributed by atoms with E-state index in [2.05, 4.69) is 0 Å². The zero-order valence-corrected chi connectivity index (χ0v) is 7.17. The predicted molar refractivity (Wildman–Crippen MR) is 40.5 cm³/mol. The van der Waals surface area contributed by atoms with E-state index in [0.717, 1.165) is 4.90 Å². The normalized spacial score (nSPS) is 10.2. The van der Waals surface area contributed by atoms with Crippen LogP contribution in [0.5, 0.6) is 0 Å². The van der Waals surface area contributed by atoms with Gasteiger partial charge in [0, 0.05) is 20.0 Å². The Hall–Kier alpha value is -1.20. The lowest BCUT2D eigenvalue weighted by molar-refractivity contribution is -0.142. The van der Waals surface area contributed by atoms with Crippen LogP contribution >= 0.6 is 0 Å². The minimum Gasteiger partial charge on any atom is -0.481 e. The Morgan fingerprint density at radius 3 is 2.38 bits per heavy atom. The monoisotopic (exact) mass is 195 g/mol. The highest BCUT2D eigenvalue weighted by molar-refractivity contribution is 5.79. The Kier molecular flexibility index (Phi) is 4.94. The Morgan fingerprint density at radius 2 is 2.00 bits per heavy atom. The van der Waals surface area contributed by atoms with Crippen LogP contribution in [0.1, 0.15) is 12.8 Å².